The number of carbonyl (C=O) groups excluding carboxylic acids is 3. The Morgan fingerprint density at radius 2 is 1.95 bits per heavy atom. The highest BCUT2D eigenvalue weighted by atomic mass is 16.5. The Morgan fingerprint density at radius 1 is 1.32 bits per heavy atom. The number of carbonyl (C=O) groups is 4. The summed E-state index contributed by atoms with van der Waals surface area (Å²) in [7, 11) is 1.35. The molecule has 0 aromatic carbocycles. The van der Waals surface area contributed by atoms with Crippen molar-refractivity contribution in [2.24, 2.45) is 0 Å². The van der Waals surface area contributed by atoms with Gasteiger partial charge < -0.3 is 15.2 Å². The number of likely N-dealkylation sites (tertiary alicyclic amines) is 1. The van der Waals surface area contributed by atoms with Crippen molar-refractivity contribution in [3.05, 3.63) is 0 Å². The van der Waals surface area contributed by atoms with Crippen LogP contribution in [-0.2, 0) is 23.9 Å². The SMILES string of the molecule is CN1C(=O)CC(NC(=O)C2CCC(C(=O)O)O2)C1=O. The van der Waals surface area contributed by atoms with Crippen molar-refractivity contribution in [1.29, 1.82) is 0 Å². The summed E-state index contributed by atoms with van der Waals surface area (Å²) in [5.74, 6) is -2.48. The molecule has 2 rings (SSSR count). The number of rotatable bonds is 3. The fourth-order valence-electron chi connectivity index (χ4n) is 2.14. The number of amides is 3. The second-order valence-corrected chi connectivity index (χ2v) is 4.59. The molecule has 2 heterocycles. The fourth-order valence-corrected chi connectivity index (χ4v) is 2.14. The molecule has 3 amide bonds. The monoisotopic (exact) mass is 270 g/mol. The smallest absolute Gasteiger partial charge is 0.332 e. The van der Waals surface area contributed by atoms with Crippen LogP contribution in [0, 0.1) is 0 Å². The van der Waals surface area contributed by atoms with Gasteiger partial charge in [-0.2, -0.15) is 0 Å². The zero-order valence-electron chi connectivity index (χ0n) is 10.3. The summed E-state index contributed by atoms with van der Waals surface area (Å²) in [6.45, 7) is 0. The third-order valence-electron chi connectivity index (χ3n) is 3.29. The van der Waals surface area contributed by atoms with E-state index in [1.54, 1.807) is 0 Å². The fraction of sp³-hybridized carbons (Fsp3) is 0.636. The van der Waals surface area contributed by atoms with E-state index in [0.29, 0.717) is 0 Å². The van der Waals surface area contributed by atoms with Crippen molar-refractivity contribution >= 4 is 23.7 Å². The molecular weight excluding hydrogens is 256 g/mol. The molecule has 0 radical (unpaired) electrons. The van der Waals surface area contributed by atoms with Gasteiger partial charge in [0.25, 0.3) is 5.91 Å². The molecule has 8 heteroatoms. The van der Waals surface area contributed by atoms with Crippen LogP contribution >= 0.6 is 0 Å². The van der Waals surface area contributed by atoms with E-state index in [9.17, 15) is 19.2 Å². The molecule has 2 aliphatic rings. The Hall–Kier alpha value is -1.96. The lowest BCUT2D eigenvalue weighted by atomic mass is 10.1. The topological polar surface area (TPSA) is 113 Å². The van der Waals surface area contributed by atoms with Crippen molar-refractivity contribution in [1.82, 2.24) is 10.2 Å². The minimum atomic E-state index is -1.11. The number of carboxylic acid groups (broad SMARTS) is 1. The molecule has 2 aliphatic heterocycles. The van der Waals surface area contributed by atoms with E-state index in [2.05, 4.69) is 5.32 Å². The van der Waals surface area contributed by atoms with Gasteiger partial charge in [-0.3, -0.25) is 19.3 Å². The number of imide groups is 1. The number of hydrogen-bond donors (Lipinski definition) is 2. The van der Waals surface area contributed by atoms with Crippen LogP contribution in [0.4, 0.5) is 0 Å². The number of likely N-dealkylation sites (N-methyl/N-ethyl adjacent to an activating group) is 1. The lowest BCUT2D eigenvalue weighted by molar-refractivity contribution is -0.152. The number of ether oxygens (including phenoxy) is 1. The standard InChI is InChI=1S/C11H14N2O6/c1-13-8(14)4-5(10(13)16)12-9(15)6-2-3-7(19-6)11(17)18/h5-7H,2-4H2,1H3,(H,12,15)(H,17,18). The first kappa shape index (κ1) is 13.5. The number of nitrogens with one attached hydrogen (secondary N) is 1. The van der Waals surface area contributed by atoms with Gasteiger partial charge in [-0.25, -0.2) is 4.79 Å². The molecule has 0 saturated carbocycles. The summed E-state index contributed by atoms with van der Waals surface area (Å²) in [5.41, 5.74) is 0. The maximum Gasteiger partial charge on any atom is 0.332 e. The predicted octanol–water partition coefficient (Wildman–Crippen LogP) is -1.51. The van der Waals surface area contributed by atoms with Gasteiger partial charge in [0, 0.05) is 7.05 Å². The number of aliphatic carboxylic acids is 1. The third kappa shape index (κ3) is 2.58. The Morgan fingerprint density at radius 3 is 2.42 bits per heavy atom. The van der Waals surface area contributed by atoms with E-state index in [1.165, 1.54) is 7.05 Å². The summed E-state index contributed by atoms with van der Waals surface area (Å²) in [4.78, 5) is 46.3. The average Bonchev–Trinajstić information content (AvgIpc) is 2.92. The lowest BCUT2D eigenvalue weighted by Gasteiger charge is -2.15. The highest BCUT2D eigenvalue weighted by Gasteiger charge is 2.40. The van der Waals surface area contributed by atoms with E-state index in [-0.39, 0.29) is 25.2 Å². The van der Waals surface area contributed by atoms with Crippen LogP contribution in [0.2, 0.25) is 0 Å². The van der Waals surface area contributed by atoms with Crippen molar-refractivity contribution in [2.75, 3.05) is 7.05 Å². The van der Waals surface area contributed by atoms with E-state index in [4.69, 9.17) is 9.84 Å². The summed E-state index contributed by atoms with van der Waals surface area (Å²) in [6.07, 6.45) is -1.40. The third-order valence-corrected chi connectivity index (χ3v) is 3.29. The van der Waals surface area contributed by atoms with E-state index >= 15 is 0 Å². The molecule has 0 spiro atoms. The molecule has 0 aromatic heterocycles. The minimum Gasteiger partial charge on any atom is -0.479 e. The molecule has 0 bridgehead atoms. The largest absolute Gasteiger partial charge is 0.479 e. The second kappa shape index (κ2) is 4.96. The van der Waals surface area contributed by atoms with Gasteiger partial charge in [0.1, 0.15) is 12.1 Å². The molecule has 104 valence electrons. The highest BCUT2D eigenvalue weighted by Crippen LogP contribution is 2.20. The van der Waals surface area contributed by atoms with Gasteiger partial charge in [-0.05, 0) is 12.8 Å². The van der Waals surface area contributed by atoms with Crippen LogP contribution in [-0.4, -0.2) is 59.0 Å². The maximum absolute atomic E-state index is 11.8. The van der Waals surface area contributed by atoms with Crippen LogP contribution in [0.25, 0.3) is 0 Å². The summed E-state index contributed by atoms with van der Waals surface area (Å²) >= 11 is 0. The number of nitrogens with zero attached hydrogens (tertiary/aromatic N) is 1. The molecule has 2 saturated heterocycles. The van der Waals surface area contributed by atoms with Crippen molar-refractivity contribution < 1.29 is 29.0 Å². The minimum absolute atomic E-state index is 0.0733. The Bertz CT molecular complexity index is 448. The molecule has 2 N–H and O–H groups in total. The second-order valence-electron chi connectivity index (χ2n) is 4.59. The zero-order valence-corrected chi connectivity index (χ0v) is 10.3. The van der Waals surface area contributed by atoms with Gasteiger partial charge >= 0.3 is 5.97 Å². The molecular formula is C11H14N2O6. The molecule has 2 fully saturated rings. The van der Waals surface area contributed by atoms with Crippen LogP contribution in [0.5, 0.6) is 0 Å². The van der Waals surface area contributed by atoms with E-state index in [1.807, 2.05) is 0 Å². The first-order chi connectivity index (χ1) is 8.90. The van der Waals surface area contributed by atoms with E-state index < -0.39 is 36.0 Å². The molecule has 3 unspecified atom stereocenters. The Balaban J connectivity index is 1.91. The Labute approximate surface area is 108 Å². The molecule has 0 aliphatic carbocycles. The quantitative estimate of drug-likeness (QED) is 0.603. The van der Waals surface area contributed by atoms with Crippen LogP contribution in [0.15, 0.2) is 0 Å². The van der Waals surface area contributed by atoms with Gasteiger partial charge in [0.05, 0.1) is 6.42 Å². The van der Waals surface area contributed by atoms with Crippen LogP contribution in [0.1, 0.15) is 19.3 Å². The normalized spacial score (nSPS) is 30.8. The highest BCUT2D eigenvalue weighted by molar-refractivity contribution is 6.06. The van der Waals surface area contributed by atoms with Crippen molar-refractivity contribution in [3.8, 4) is 0 Å². The summed E-state index contributed by atoms with van der Waals surface area (Å²) in [5, 5.41) is 11.2. The molecule has 19 heavy (non-hydrogen) atoms. The van der Waals surface area contributed by atoms with Crippen molar-refractivity contribution in [2.45, 2.75) is 37.5 Å². The molecule has 0 aromatic rings. The number of carboxylic acids is 1. The van der Waals surface area contributed by atoms with Gasteiger partial charge in [0.2, 0.25) is 11.8 Å². The van der Waals surface area contributed by atoms with Crippen LogP contribution < -0.4 is 5.32 Å². The van der Waals surface area contributed by atoms with Gasteiger partial charge in [0.15, 0.2) is 6.10 Å². The van der Waals surface area contributed by atoms with Crippen molar-refractivity contribution in [3.63, 3.8) is 0 Å². The first-order valence-electron chi connectivity index (χ1n) is 5.89. The lowest BCUT2D eigenvalue weighted by Crippen LogP contribution is -2.45. The van der Waals surface area contributed by atoms with Crippen LogP contribution in [0.3, 0.4) is 0 Å². The maximum atomic E-state index is 11.8. The van der Waals surface area contributed by atoms with E-state index in [0.717, 1.165) is 4.90 Å². The Kier molecular flexibility index (Phi) is 3.52. The zero-order chi connectivity index (χ0) is 14.2. The predicted molar refractivity (Wildman–Crippen MR) is 59.9 cm³/mol. The summed E-state index contributed by atoms with van der Waals surface area (Å²) < 4.78 is 5.06. The molecule has 3 atom stereocenters. The average molecular weight is 270 g/mol. The van der Waals surface area contributed by atoms with Gasteiger partial charge in [-0.15, -0.1) is 0 Å². The number of hydrogen-bond acceptors (Lipinski definition) is 5. The molecule has 8 nitrogen and oxygen atoms in total. The van der Waals surface area contributed by atoms with Gasteiger partial charge in [-0.1, -0.05) is 0 Å². The first-order valence-corrected chi connectivity index (χ1v) is 5.89. The summed E-state index contributed by atoms with van der Waals surface area (Å²) in [6, 6.07) is -0.877.